The van der Waals surface area contributed by atoms with Gasteiger partial charge < -0.3 is 14.6 Å². The van der Waals surface area contributed by atoms with E-state index in [4.69, 9.17) is 5.10 Å². The fraction of sp³-hybridized carbons (Fsp3) is 0.444. The molecule has 0 bridgehead atoms. The number of fused-ring (bicyclic) bond motifs is 3. The molecule has 186 valence electrons. The SMILES string of the molecule is CCn1cc2c(N(C)C3CC4CCC5C(C3)N45)ccc(C(=O)Nc3cc(F)c4nc(C)cn4c3)c2n1. The molecule has 1 aromatic carbocycles. The number of nitrogens with one attached hydrogen (secondary N) is 1. The van der Waals surface area contributed by atoms with E-state index in [1.807, 2.05) is 36.9 Å². The van der Waals surface area contributed by atoms with Gasteiger partial charge in [0.05, 0.1) is 16.9 Å². The van der Waals surface area contributed by atoms with E-state index in [0.29, 0.717) is 35.0 Å². The molecule has 6 heterocycles. The zero-order chi connectivity index (χ0) is 24.7. The van der Waals surface area contributed by atoms with Crippen molar-refractivity contribution in [3.63, 3.8) is 0 Å². The largest absolute Gasteiger partial charge is 0.371 e. The van der Waals surface area contributed by atoms with Crippen molar-refractivity contribution in [2.24, 2.45) is 0 Å². The van der Waals surface area contributed by atoms with Gasteiger partial charge in [-0.15, -0.1) is 0 Å². The number of hydrogen-bond acceptors (Lipinski definition) is 5. The van der Waals surface area contributed by atoms with Gasteiger partial charge in [0.25, 0.3) is 5.91 Å². The van der Waals surface area contributed by atoms with Crippen LogP contribution in [0.1, 0.15) is 48.7 Å². The number of piperidine rings is 2. The first-order valence-corrected chi connectivity index (χ1v) is 12.9. The molecule has 36 heavy (non-hydrogen) atoms. The predicted octanol–water partition coefficient (Wildman–Crippen LogP) is 4.22. The molecule has 0 spiro atoms. The van der Waals surface area contributed by atoms with Gasteiger partial charge in [0.2, 0.25) is 0 Å². The fourth-order valence-corrected chi connectivity index (χ4v) is 6.71. The summed E-state index contributed by atoms with van der Waals surface area (Å²) in [4.78, 5) is 22.7. The quantitative estimate of drug-likeness (QED) is 0.427. The first-order chi connectivity index (χ1) is 17.4. The van der Waals surface area contributed by atoms with Gasteiger partial charge in [-0.3, -0.25) is 14.4 Å². The van der Waals surface area contributed by atoms with Gasteiger partial charge in [-0.1, -0.05) is 0 Å². The van der Waals surface area contributed by atoms with Crippen LogP contribution in [0, 0.1) is 12.7 Å². The maximum atomic E-state index is 14.6. The third kappa shape index (κ3) is 3.25. The molecular weight excluding hydrogens is 457 g/mol. The van der Waals surface area contributed by atoms with Gasteiger partial charge in [-0.05, 0) is 51.7 Å². The van der Waals surface area contributed by atoms with Crippen molar-refractivity contribution in [3.8, 4) is 0 Å². The van der Waals surface area contributed by atoms with E-state index in [1.165, 1.54) is 31.7 Å². The highest BCUT2D eigenvalue weighted by Crippen LogP contribution is 2.51. The number of pyridine rings is 1. The van der Waals surface area contributed by atoms with Crippen LogP contribution < -0.4 is 10.2 Å². The molecule has 0 radical (unpaired) electrons. The van der Waals surface area contributed by atoms with Crippen LogP contribution in [0.3, 0.4) is 0 Å². The van der Waals surface area contributed by atoms with Crippen molar-refractivity contribution in [3.05, 3.63) is 53.9 Å². The number of carbonyl (C=O) groups excluding carboxylic acids is 1. The van der Waals surface area contributed by atoms with Gasteiger partial charge in [0.15, 0.2) is 11.5 Å². The number of imidazole rings is 1. The molecule has 0 saturated carbocycles. The lowest BCUT2D eigenvalue weighted by atomic mass is 9.91. The molecule has 4 aromatic rings. The average Bonchev–Trinajstić information content (AvgIpc) is 3.19. The van der Waals surface area contributed by atoms with Crippen LogP contribution in [0.25, 0.3) is 16.6 Å². The Morgan fingerprint density at radius 2 is 2.06 bits per heavy atom. The van der Waals surface area contributed by atoms with Crippen LogP contribution in [-0.4, -0.2) is 61.2 Å². The summed E-state index contributed by atoms with van der Waals surface area (Å²) >= 11 is 0. The number of aryl methyl sites for hydroxylation is 2. The third-order valence-electron chi connectivity index (χ3n) is 8.48. The molecular formula is C27H30FN7O. The second-order valence-corrected chi connectivity index (χ2v) is 10.6. The first kappa shape index (κ1) is 21.8. The number of hydrogen-bond donors (Lipinski definition) is 1. The Hall–Kier alpha value is -3.46. The number of aromatic nitrogens is 4. The highest BCUT2D eigenvalue weighted by Gasteiger charge is 2.59. The minimum atomic E-state index is -0.478. The lowest BCUT2D eigenvalue weighted by molar-refractivity contribution is 0.102. The smallest absolute Gasteiger partial charge is 0.257 e. The number of anilines is 2. The number of amides is 1. The van der Waals surface area contributed by atoms with Crippen LogP contribution in [0.4, 0.5) is 15.8 Å². The number of nitrogens with zero attached hydrogens (tertiary/aromatic N) is 6. The standard InChI is InChI=1S/C27H30FN7O/c1-4-34-14-20-22(32(3)18-10-17-5-7-23-24(11-18)35(17)23)8-6-19(25(20)31-34)27(36)30-16-9-21(28)26-29-15(2)12-33(26)13-16/h6,8-9,12-14,17-18,23-24H,4-5,7,10-11H2,1-3H3,(H,30,36). The molecule has 7 rings (SSSR count). The number of benzene rings is 1. The van der Waals surface area contributed by atoms with E-state index in [-0.39, 0.29) is 11.6 Å². The highest BCUT2D eigenvalue weighted by molar-refractivity contribution is 6.13. The molecule has 8 nitrogen and oxygen atoms in total. The van der Waals surface area contributed by atoms with Crippen molar-refractivity contribution < 1.29 is 9.18 Å². The molecule has 9 heteroatoms. The lowest BCUT2D eigenvalue weighted by Gasteiger charge is -2.37. The summed E-state index contributed by atoms with van der Waals surface area (Å²) in [5.74, 6) is -0.788. The Labute approximate surface area is 208 Å². The van der Waals surface area contributed by atoms with Crippen LogP contribution >= 0.6 is 0 Å². The molecule has 3 aliphatic rings. The minimum Gasteiger partial charge on any atom is -0.371 e. The Balaban J connectivity index is 1.21. The molecule has 3 aromatic heterocycles. The van der Waals surface area contributed by atoms with Gasteiger partial charge >= 0.3 is 0 Å². The maximum absolute atomic E-state index is 14.6. The lowest BCUT2D eigenvalue weighted by Crippen LogP contribution is -2.42. The summed E-state index contributed by atoms with van der Waals surface area (Å²) in [7, 11) is 2.18. The normalized spacial score (nSPS) is 26.4. The van der Waals surface area contributed by atoms with Crippen molar-refractivity contribution >= 4 is 33.8 Å². The molecule has 1 N–H and O–H groups in total. The van der Waals surface area contributed by atoms with Crippen LogP contribution in [0.15, 0.2) is 36.8 Å². The minimum absolute atomic E-state index is 0.243. The van der Waals surface area contributed by atoms with Crippen LogP contribution in [0.2, 0.25) is 0 Å². The van der Waals surface area contributed by atoms with E-state index in [1.54, 1.807) is 16.8 Å². The Morgan fingerprint density at radius 3 is 2.86 bits per heavy atom. The summed E-state index contributed by atoms with van der Waals surface area (Å²) in [6.45, 7) is 4.56. The van der Waals surface area contributed by atoms with E-state index >= 15 is 0 Å². The highest BCUT2D eigenvalue weighted by atomic mass is 19.1. The first-order valence-electron chi connectivity index (χ1n) is 12.9. The zero-order valence-corrected chi connectivity index (χ0v) is 20.8. The van der Waals surface area contributed by atoms with Gasteiger partial charge in [-0.25, -0.2) is 9.37 Å². The second kappa shape index (κ2) is 7.77. The van der Waals surface area contributed by atoms with E-state index in [9.17, 15) is 9.18 Å². The van der Waals surface area contributed by atoms with Crippen molar-refractivity contribution in [2.75, 3.05) is 17.3 Å². The monoisotopic (exact) mass is 487 g/mol. The van der Waals surface area contributed by atoms with E-state index in [2.05, 4.69) is 27.1 Å². The van der Waals surface area contributed by atoms with Crippen LogP contribution in [-0.2, 0) is 6.54 Å². The Morgan fingerprint density at radius 1 is 1.19 bits per heavy atom. The molecule has 3 saturated heterocycles. The number of halogens is 1. The Bertz CT molecular complexity index is 1520. The van der Waals surface area contributed by atoms with E-state index < -0.39 is 5.82 Å². The van der Waals surface area contributed by atoms with Gasteiger partial charge in [0, 0.05) is 73.5 Å². The van der Waals surface area contributed by atoms with Gasteiger partial charge in [0.1, 0.15) is 5.52 Å². The van der Waals surface area contributed by atoms with Crippen molar-refractivity contribution in [1.82, 2.24) is 24.1 Å². The summed E-state index contributed by atoms with van der Waals surface area (Å²) in [5, 5.41) is 8.59. The predicted molar refractivity (Wildman–Crippen MR) is 137 cm³/mol. The molecule has 3 aliphatic heterocycles. The molecule has 5 atom stereocenters. The summed E-state index contributed by atoms with van der Waals surface area (Å²) in [5.41, 5.74) is 3.59. The maximum Gasteiger partial charge on any atom is 0.257 e. The zero-order valence-electron chi connectivity index (χ0n) is 20.8. The summed E-state index contributed by atoms with van der Waals surface area (Å²) in [6.07, 6.45) is 10.5. The second-order valence-electron chi connectivity index (χ2n) is 10.6. The number of carbonyl (C=O) groups is 1. The summed E-state index contributed by atoms with van der Waals surface area (Å²) in [6, 6.07) is 7.98. The molecule has 0 aliphatic carbocycles. The van der Waals surface area contributed by atoms with E-state index in [0.717, 1.165) is 29.2 Å². The third-order valence-corrected chi connectivity index (χ3v) is 8.48. The topological polar surface area (TPSA) is 70.5 Å². The van der Waals surface area contributed by atoms with Gasteiger partial charge in [-0.2, -0.15) is 5.10 Å². The molecule has 1 amide bonds. The summed E-state index contributed by atoms with van der Waals surface area (Å²) < 4.78 is 18.0. The van der Waals surface area contributed by atoms with Crippen LogP contribution in [0.5, 0.6) is 0 Å². The number of rotatable bonds is 5. The average molecular weight is 488 g/mol. The molecule has 3 fully saturated rings. The molecule has 5 unspecified atom stereocenters. The fourth-order valence-electron chi connectivity index (χ4n) is 6.71. The van der Waals surface area contributed by atoms with Crippen molar-refractivity contribution in [1.29, 1.82) is 0 Å². The Kier molecular flexibility index (Phi) is 4.70. The van der Waals surface area contributed by atoms with Crippen molar-refractivity contribution in [2.45, 2.75) is 70.2 Å².